The van der Waals surface area contributed by atoms with Gasteiger partial charge in [-0.05, 0) is 43.4 Å². The fourth-order valence-electron chi connectivity index (χ4n) is 4.39. The first-order valence-electron chi connectivity index (χ1n) is 10.7. The van der Waals surface area contributed by atoms with E-state index in [0.717, 1.165) is 32.5 Å². The van der Waals surface area contributed by atoms with Crippen molar-refractivity contribution in [2.45, 2.75) is 49.2 Å². The Hall–Kier alpha value is -2.22. The van der Waals surface area contributed by atoms with E-state index in [4.69, 9.17) is 0 Å². The van der Waals surface area contributed by atoms with Crippen LogP contribution < -0.4 is 5.32 Å². The van der Waals surface area contributed by atoms with Crippen LogP contribution in [-0.2, 0) is 21.4 Å². The van der Waals surface area contributed by atoms with Gasteiger partial charge < -0.3 is 5.32 Å². The van der Waals surface area contributed by atoms with Gasteiger partial charge in [0.05, 0.1) is 4.90 Å². The number of nitrogens with zero attached hydrogens (tertiary/aromatic N) is 2. The largest absolute Gasteiger partial charge is 0.352 e. The molecule has 1 atom stereocenters. The number of benzene rings is 2. The van der Waals surface area contributed by atoms with Gasteiger partial charge in [0.2, 0.25) is 15.9 Å². The lowest BCUT2D eigenvalue weighted by molar-refractivity contribution is -0.125. The van der Waals surface area contributed by atoms with Crippen LogP contribution in [0.15, 0.2) is 65.6 Å². The molecule has 2 aliphatic rings. The first-order valence-corrected chi connectivity index (χ1v) is 12.1. The van der Waals surface area contributed by atoms with Crippen LogP contribution in [0.2, 0.25) is 0 Å². The molecule has 2 aromatic rings. The predicted octanol–water partition coefficient (Wildman–Crippen LogP) is 2.62. The molecule has 0 saturated carbocycles. The topological polar surface area (TPSA) is 69.7 Å². The molecule has 0 bridgehead atoms. The van der Waals surface area contributed by atoms with Gasteiger partial charge in [0.1, 0.15) is 6.04 Å². The summed E-state index contributed by atoms with van der Waals surface area (Å²) in [5, 5.41) is 3.13. The summed E-state index contributed by atoms with van der Waals surface area (Å²) in [4.78, 5) is 15.6. The second kappa shape index (κ2) is 9.29. The molecule has 2 aliphatic heterocycles. The van der Waals surface area contributed by atoms with Gasteiger partial charge in [-0.3, -0.25) is 9.69 Å². The van der Waals surface area contributed by atoms with Gasteiger partial charge in [-0.2, -0.15) is 4.31 Å². The molecule has 2 fully saturated rings. The molecule has 30 heavy (non-hydrogen) atoms. The number of carbonyl (C=O) groups excluding carboxylic acids is 1. The van der Waals surface area contributed by atoms with Crippen molar-refractivity contribution in [3.63, 3.8) is 0 Å². The van der Waals surface area contributed by atoms with Crippen LogP contribution in [0.25, 0.3) is 0 Å². The van der Waals surface area contributed by atoms with Gasteiger partial charge >= 0.3 is 0 Å². The minimum Gasteiger partial charge on any atom is -0.352 e. The number of amides is 1. The van der Waals surface area contributed by atoms with E-state index >= 15 is 0 Å². The molecule has 4 rings (SSSR count). The number of carbonyl (C=O) groups is 1. The molecule has 0 aliphatic carbocycles. The van der Waals surface area contributed by atoms with Crippen LogP contribution in [0.4, 0.5) is 0 Å². The van der Waals surface area contributed by atoms with Gasteiger partial charge in [0.15, 0.2) is 0 Å². The average Bonchev–Trinajstić information content (AvgIpc) is 3.28. The van der Waals surface area contributed by atoms with Crippen molar-refractivity contribution >= 4 is 15.9 Å². The molecule has 0 spiro atoms. The molecule has 2 heterocycles. The molecule has 1 amide bonds. The quantitative estimate of drug-likeness (QED) is 0.769. The van der Waals surface area contributed by atoms with Crippen molar-refractivity contribution < 1.29 is 13.2 Å². The lowest BCUT2D eigenvalue weighted by Crippen LogP contribution is -2.51. The highest BCUT2D eigenvalue weighted by Crippen LogP contribution is 2.26. The Bertz CT molecular complexity index is 942. The second-order valence-electron chi connectivity index (χ2n) is 8.13. The molecule has 7 heteroatoms. The third-order valence-corrected chi connectivity index (χ3v) is 7.96. The summed E-state index contributed by atoms with van der Waals surface area (Å²) in [7, 11) is -3.65. The van der Waals surface area contributed by atoms with Crippen LogP contribution in [-0.4, -0.2) is 55.2 Å². The van der Waals surface area contributed by atoms with Crippen molar-refractivity contribution in [2.24, 2.45) is 0 Å². The number of hydrogen-bond donors (Lipinski definition) is 1. The summed E-state index contributed by atoms with van der Waals surface area (Å²) in [6.07, 6.45) is 3.05. The van der Waals surface area contributed by atoms with E-state index in [9.17, 15) is 13.2 Å². The molecule has 1 N–H and O–H groups in total. The molecule has 2 saturated heterocycles. The Morgan fingerprint density at radius 2 is 1.53 bits per heavy atom. The zero-order valence-electron chi connectivity index (χ0n) is 17.1. The maximum absolute atomic E-state index is 13.0. The Balaban J connectivity index is 1.33. The molecular weight excluding hydrogens is 398 g/mol. The minimum atomic E-state index is -3.65. The minimum absolute atomic E-state index is 0.103. The average molecular weight is 428 g/mol. The Morgan fingerprint density at radius 3 is 2.20 bits per heavy atom. The van der Waals surface area contributed by atoms with Gasteiger partial charge in [0.25, 0.3) is 0 Å². The van der Waals surface area contributed by atoms with Crippen molar-refractivity contribution in [2.75, 3.05) is 19.6 Å². The summed E-state index contributed by atoms with van der Waals surface area (Å²) in [6, 6.07) is 18.3. The fourth-order valence-corrected chi connectivity index (χ4v) is 6.07. The standard InChI is InChI=1S/C23H29N3O3S/c27-23(22-12-7-15-26(22)30(28,29)21-10-5-2-6-11-21)24-20-13-16-25(17-14-20)18-19-8-3-1-4-9-19/h1-6,8-11,20,22H,7,12-18H2,(H,24,27)/t22-/m0/s1. The summed E-state index contributed by atoms with van der Waals surface area (Å²) in [5.41, 5.74) is 1.30. The monoisotopic (exact) mass is 427 g/mol. The molecule has 0 unspecified atom stereocenters. The number of sulfonamides is 1. The van der Waals surface area contributed by atoms with Crippen LogP contribution in [0.3, 0.4) is 0 Å². The van der Waals surface area contributed by atoms with Crippen LogP contribution >= 0.6 is 0 Å². The lowest BCUT2D eigenvalue weighted by atomic mass is 10.0. The molecule has 6 nitrogen and oxygen atoms in total. The third-order valence-electron chi connectivity index (χ3n) is 6.04. The number of rotatable bonds is 6. The number of likely N-dealkylation sites (tertiary alicyclic amines) is 1. The number of piperidine rings is 1. The molecular formula is C23H29N3O3S. The Morgan fingerprint density at radius 1 is 0.900 bits per heavy atom. The first kappa shape index (κ1) is 21.0. The molecule has 0 radical (unpaired) electrons. The highest BCUT2D eigenvalue weighted by Gasteiger charge is 2.40. The van der Waals surface area contributed by atoms with Crippen LogP contribution in [0.5, 0.6) is 0 Å². The van der Waals surface area contributed by atoms with E-state index < -0.39 is 16.1 Å². The van der Waals surface area contributed by atoms with Crippen molar-refractivity contribution in [3.8, 4) is 0 Å². The zero-order valence-corrected chi connectivity index (χ0v) is 17.9. The first-order chi connectivity index (χ1) is 14.5. The normalized spacial score (nSPS) is 21.5. The van der Waals surface area contributed by atoms with E-state index in [-0.39, 0.29) is 16.8 Å². The van der Waals surface area contributed by atoms with Crippen LogP contribution in [0.1, 0.15) is 31.2 Å². The van der Waals surface area contributed by atoms with Crippen LogP contribution in [0, 0.1) is 0 Å². The van der Waals surface area contributed by atoms with Crippen molar-refractivity contribution in [1.29, 1.82) is 0 Å². The molecule has 0 aromatic heterocycles. The zero-order chi connectivity index (χ0) is 21.0. The summed E-state index contributed by atoms with van der Waals surface area (Å²) < 4.78 is 27.4. The van der Waals surface area contributed by atoms with E-state index in [1.807, 2.05) is 6.07 Å². The number of nitrogens with one attached hydrogen (secondary N) is 1. The van der Waals surface area contributed by atoms with E-state index in [1.165, 1.54) is 9.87 Å². The van der Waals surface area contributed by atoms with Gasteiger partial charge in [-0.1, -0.05) is 48.5 Å². The third kappa shape index (κ3) is 4.74. The summed E-state index contributed by atoms with van der Waals surface area (Å²) >= 11 is 0. The fraction of sp³-hybridized carbons (Fsp3) is 0.435. The smallest absolute Gasteiger partial charge is 0.243 e. The maximum atomic E-state index is 13.0. The lowest BCUT2D eigenvalue weighted by Gasteiger charge is -2.33. The van der Waals surface area contributed by atoms with Crippen molar-refractivity contribution in [1.82, 2.24) is 14.5 Å². The van der Waals surface area contributed by atoms with E-state index in [0.29, 0.717) is 19.4 Å². The maximum Gasteiger partial charge on any atom is 0.243 e. The highest BCUT2D eigenvalue weighted by molar-refractivity contribution is 7.89. The van der Waals surface area contributed by atoms with Gasteiger partial charge in [-0.25, -0.2) is 8.42 Å². The predicted molar refractivity (Wildman–Crippen MR) is 116 cm³/mol. The highest BCUT2D eigenvalue weighted by atomic mass is 32.2. The van der Waals surface area contributed by atoms with Gasteiger partial charge in [0, 0.05) is 32.2 Å². The van der Waals surface area contributed by atoms with Crippen molar-refractivity contribution in [3.05, 3.63) is 66.2 Å². The van der Waals surface area contributed by atoms with E-state index in [2.05, 4.69) is 34.5 Å². The summed E-state index contributed by atoms with van der Waals surface area (Å²) in [6.45, 7) is 3.17. The van der Waals surface area contributed by atoms with E-state index in [1.54, 1.807) is 30.3 Å². The second-order valence-corrected chi connectivity index (χ2v) is 10.0. The Labute approximate surface area is 178 Å². The number of hydrogen-bond acceptors (Lipinski definition) is 4. The summed E-state index contributed by atoms with van der Waals surface area (Å²) in [5.74, 6) is -0.159. The van der Waals surface area contributed by atoms with Gasteiger partial charge in [-0.15, -0.1) is 0 Å². The SMILES string of the molecule is O=C(NC1CCN(Cc2ccccc2)CC1)[C@@H]1CCCN1S(=O)(=O)c1ccccc1. The Kier molecular flexibility index (Phi) is 6.51. The molecule has 160 valence electrons. The molecule has 2 aromatic carbocycles.